The van der Waals surface area contributed by atoms with Gasteiger partial charge in [0.1, 0.15) is 0 Å². The number of aromatic nitrogens is 3. The van der Waals surface area contributed by atoms with Gasteiger partial charge in [-0.25, -0.2) is 4.39 Å². The summed E-state index contributed by atoms with van der Waals surface area (Å²) in [5.41, 5.74) is 0.342. The lowest BCUT2D eigenvalue weighted by atomic mass is 10.0. The number of carbonyl (C=O) groups is 1. The van der Waals surface area contributed by atoms with Crippen LogP contribution < -0.4 is 4.74 Å². The number of carbonyl (C=O) groups excluding carboxylic acids is 1. The molecule has 1 aromatic heterocycles. The minimum absolute atomic E-state index is 0.139. The van der Waals surface area contributed by atoms with E-state index >= 15 is 0 Å². The Morgan fingerprint density at radius 3 is 2.55 bits per heavy atom. The minimum Gasteiger partial charge on any atom is -0.494 e. The Morgan fingerprint density at radius 1 is 1.27 bits per heavy atom. The van der Waals surface area contributed by atoms with Crippen molar-refractivity contribution in [2.24, 2.45) is 0 Å². The van der Waals surface area contributed by atoms with E-state index < -0.39 is 5.82 Å². The molecule has 1 aromatic carbocycles. The molecule has 1 fully saturated rings. The Bertz CT molecular complexity index is 652. The lowest BCUT2D eigenvalue weighted by Crippen LogP contribution is -2.39. The smallest absolute Gasteiger partial charge is 0.253 e. The Balaban J connectivity index is 1.65. The Labute approximate surface area is 127 Å². The number of likely N-dealkylation sites (tertiary alicyclic amines) is 1. The predicted molar refractivity (Wildman–Crippen MR) is 77.1 cm³/mol. The van der Waals surface area contributed by atoms with Crippen LogP contribution in [0.25, 0.3) is 0 Å². The van der Waals surface area contributed by atoms with Gasteiger partial charge in [0, 0.05) is 18.7 Å². The summed E-state index contributed by atoms with van der Waals surface area (Å²) >= 11 is 0. The third-order valence-electron chi connectivity index (χ3n) is 3.91. The van der Waals surface area contributed by atoms with Gasteiger partial charge in [-0.15, -0.1) is 0 Å². The third-order valence-corrected chi connectivity index (χ3v) is 3.91. The van der Waals surface area contributed by atoms with E-state index in [4.69, 9.17) is 4.74 Å². The van der Waals surface area contributed by atoms with Crippen LogP contribution in [0.4, 0.5) is 4.39 Å². The fourth-order valence-electron chi connectivity index (χ4n) is 2.70. The number of benzene rings is 1. The van der Waals surface area contributed by atoms with Gasteiger partial charge < -0.3 is 9.64 Å². The number of nitrogens with zero attached hydrogens (tertiary/aromatic N) is 4. The predicted octanol–water partition coefficient (Wildman–Crippen LogP) is 1.90. The average Bonchev–Trinajstić information content (AvgIpc) is 3.09. The van der Waals surface area contributed by atoms with Gasteiger partial charge in [0.2, 0.25) is 0 Å². The molecule has 1 saturated heterocycles. The summed E-state index contributed by atoms with van der Waals surface area (Å²) < 4.78 is 18.6. The van der Waals surface area contributed by atoms with Crippen LogP contribution in [0.15, 0.2) is 30.6 Å². The first-order valence-corrected chi connectivity index (χ1v) is 7.17. The van der Waals surface area contributed by atoms with Crippen molar-refractivity contribution in [3.8, 4) is 5.75 Å². The van der Waals surface area contributed by atoms with Crippen molar-refractivity contribution in [2.45, 2.75) is 18.9 Å². The molecule has 0 N–H and O–H groups in total. The zero-order chi connectivity index (χ0) is 15.5. The van der Waals surface area contributed by atoms with Crippen molar-refractivity contribution in [3.63, 3.8) is 0 Å². The van der Waals surface area contributed by atoms with Crippen LogP contribution in [0.1, 0.15) is 29.2 Å². The number of amides is 1. The number of halogens is 1. The number of methoxy groups -OCH3 is 1. The van der Waals surface area contributed by atoms with Crippen molar-refractivity contribution < 1.29 is 13.9 Å². The molecular weight excluding hydrogens is 287 g/mol. The van der Waals surface area contributed by atoms with Crippen LogP contribution >= 0.6 is 0 Å². The lowest BCUT2D eigenvalue weighted by molar-refractivity contribution is 0.0683. The number of piperidine rings is 1. The lowest BCUT2D eigenvalue weighted by Gasteiger charge is -2.31. The van der Waals surface area contributed by atoms with Gasteiger partial charge in [-0.2, -0.15) is 15.0 Å². The average molecular weight is 304 g/mol. The highest BCUT2D eigenvalue weighted by atomic mass is 19.1. The highest BCUT2D eigenvalue weighted by molar-refractivity contribution is 5.94. The molecule has 0 saturated carbocycles. The van der Waals surface area contributed by atoms with Crippen molar-refractivity contribution in [2.75, 3.05) is 20.2 Å². The van der Waals surface area contributed by atoms with Crippen LogP contribution in [0.2, 0.25) is 0 Å². The molecule has 3 rings (SSSR count). The van der Waals surface area contributed by atoms with Crippen molar-refractivity contribution >= 4 is 5.91 Å². The normalized spacial score (nSPS) is 15.8. The van der Waals surface area contributed by atoms with E-state index in [2.05, 4.69) is 10.2 Å². The van der Waals surface area contributed by atoms with E-state index in [1.54, 1.807) is 28.2 Å². The fourth-order valence-corrected chi connectivity index (χ4v) is 2.70. The van der Waals surface area contributed by atoms with Gasteiger partial charge in [-0.1, -0.05) is 0 Å². The third kappa shape index (κ3) is 2.79. The van der Waals surface area contributed by atoms with E-state index in [1.807, 2.05) is 0 Å². The highest BCUT2D eigenvalue weighted by Gasteiger charge is 2.25. The Morgan fingerprint density at radius 2 is 1.95 bits per heavy atom. The summed E-state index contributed by atoms with van der Waals surface area (Å²) in [4.78, 5) is 15.9. The summed E-state index contributed by atoms with van der Waals surface area (Å²) in [6.45, 7) is 1.22. The maximum absolute atomic E-state index is 13.7. The zero-order valence-corrected chi connectivity index (χ0v) is 12.3. The summed E-state index contributed by atoms with van der Waals surface area (Å²) in [6, 6.07) is 4.50. The molecule has 116 valence electrons. The second-order valence-corrected chi connectivity index (χ2v) is 5.22. The summed E-state index contributed by atoms with van der Waals surface area (Å²) in [7, 11) is 1.40. The van der Waals surface area contributed by atoms with Gasteiger partial charge >= 0.3 is 0 Å². The monoisotopic (exact) mass is 304 g/mol. The molecule has 1 aliphatic heterocycles. The molecule has 2 heterocycles. The molecule has 6 nitrogen and oxygen atoms in total. The summed E-state index contributed by atoms with van der Waals surface area (Å²) in [5, 5.41) is 8.27. The molecule has 2 aromatic rings. The minimum atomic E-state index is -0.524. The first-order chi connectivity index (χ1) is 10.7. The van der Waals surface area contributed by atoms with E-state index in [0.717, 1.165) is 12.8 Å². The quantitative estimate of drug-likeness (QED) is 0.869. The summed E-state index contributed by atoms with van der Waals surface area (Å²) in [5.74, 6) is -0.544. The molecule has 7 heteroatoms. The van der Waals surface area contributed by atoms with Crippen LogP contribution in [0.5, 0.6) is 5.75 Å². The molecule has 1 aliphatic rings. The molecule has 0 radical (unpaired) electrons. The van der Waals surface area contributed by atoms with Gasteiger partial charge in [0.15, 0.2) is 11.6 Å². The van der Waals surface area contributed by atoms with Crippen molar-refractivity contribution in [1.29, 1.82) is 0 Å². The van der Waals surface area contributed by atoms with Crippen LogP contribution in [-0.4, -0.2) is 46.0 Å². The SMILES string of the molecule is COc1ccc(C(=O)N2CCC(n3nccn3)CC2)cc1F. The van der Waals surface area contributed by atoms with Gasteiger partial charge in [0.25, 0.3) is 5.91 Å². The first-order valence-electron chi connectivity index (χ1n) is 7.17. The topological polar surface area (TPSA) is 60.2 Å². The molecule has 0 aliphatic carbocycles. The van der Waals surface area contributed by atoms with Crippen LogP contribution in [0.3, 0.4) is 0 Å². The van der Waals surface area contributed by atoms with Gasteiger partial charge in [-0.05, 0) is 31.0 Å². The number of ether oxygens (including phenoxy) is 1. The Kier molecular flexibility index (Phi) is 4.04. The largest absolute Gasteiger partial charge is 0.494 e. The first kappa shape index (κ1) is 14.5. The molecule has 0 atom stereocenters. The van der Waals surface area contributed by atoms with E-state index in [9.17, 15) is 9.18 Å². The molecule has 22 heavy (non-hydrogen) atoms. The zero-order valence-electron chi connectivity index (χ0n) is 12.3. The van der Waals surface area contributed by atoms with E-state index in [-0.39, 0.29) is 17.7 Å². The van der Waals surface area contributed by atoms with Crippen molar-refractivity contribution in [1.82, 2.24) is 19.9 Å². The Hall–Kier alpha value is -2.44. The maximum atomic E-state index is 13.7. The molecule has 1 amide bonds. The summed E-state index contributed by atoms with van der Waals surface area (Å²) in [6.07, 6.45) is 4.88. The standard InChI is InChI=1S/C15H17FN4O2/c1-22-14-3-2-11(10-13(14)16)15(21)19-8-4-12(5-9-19)20-17-6-7-18-20/h2-3,6-7,10,12H,4-5,8-9H2,1H3. The molecule has 0 spiro atoms. The number of hydrogen-bond acceptors (Lipinski definition) is 4. The maximum Gasteiger partial charge on any atom is 0.253 e. The second kappa shape index (κ2) is 6.13. The number of rotatable bonds is 3. The van der Waals surface area contributed by atoms with E-state index in [1.165, 1.54) is 19.2 Å². The molecule has 0 unspecified atom stereocenters. The van der Waals surface area contributed by atoms with E-state index in [0.29, 0.717) is 18.7 Å². The fraction of sp³-hybridized carbons (Fsp3) is 0.400. The van der Waals surface area contributed by atoms with Crippen LogP contribution in [0, 0.1) is 5.82 Å². The second-order valence-electron chi connectivity index (χ2n) is 5.22. The van der Waals surface area contributed by atoms with Gasteiger partial charge in [-0.3, -0.25) is 4.79 Å². The highest BCUT2D eigenvalue weighted by Crippen LogP contribution is 2.23. The molecule has 0 bridgehead atoms. The van der Waals surface area contributed by atoms with Crippen molar-refractivity contribution in [3.05, 3.63) is 42.0 Å². The van der Waals surface area contributed by atoms with Crippen LogP contribution in [-0.2, 0) is 0 Å². The molecular formula is C15H17FN4O2. The number of hydrogen-bond donors (Lipinski definition) is 0. The van der Waals surface area contributed by atoms with Gasteiger partial charge in [0.05, 0.1) is 25.5 Å².